The zero-order chi connectivity index (χ0) is 16.1. The number of rotatable bonds is 6. The van der Waals surface area contributed by atoms with E-state index in [9.17, 15) is 4.39 Å². The number of hydrogen-bond acceptors (Lipinski definition) is 7. The molecular formula is C15H14FN5O2. The van der Waals surface area contributed by atoms with Crippen molar-refractivity contribution >= 4 is 22.7 Å². The van der Waals surface area contributed by atoms with E-state index in [1.54, 1.807) is 19.2 Å². The van der Waals surface area contributed by atoms with E-state index in [1.165, 1.54) is 24.7 Å². The van der Waals surface area contributed by atoms with Gasteiger partial charge in [-0.3, -0.25) is 0 Å². The van der Waals surface area contributed by atoms with E-state index in [0.29, 0.717) is 41.8 Å². The molecule has 0 aliphatic rings. The highest BCUT2D eigenvalue weighted by Crippen LogP contribution is 2.22. The van der Waals surface area contributed by atoms with Gasteiger partial charge in [0.2, 0.25) is 5.88 Å². The fourth-order valence-electron chi connectivity index (χ4n) is 1.88. The molecule has 8 heteroatoms. The van der Waals surface area contributed by atoms with Crippen molar-refractivity contribution < 1.29 is 13.9 Å². The normalized spacial score (nSPS) is 10.7. The van der Waals surface area contributed by atoms with Gasteiger partial charge in [0.25, 0.3) is 0 Å². The highest BCUT2D eigenvalue weighted by Gasteiger charge is 2.09. The van der Waals surface area contributed by atoms with Gasteiger partial charge in [0.05, 0.1) is 12.8 Å². The monoisotopic (exact) mass is 315 g/mol. The van der Waals surface area contributed by atoms with E-state index in [2.05, 4.69) is 25.3 Å². The standard InChI is InChI=1S/C15H14FN5O2/c1-22-6-7-23-12-8-17-14-13(21-12)15(19-9-18-14)20-11-4-2-10(16)3-5-11/h2-5,8-9H,6-7H2,1H3,(H,17,18,19,20). The van der Waals surface area contributed by atoms with Crippen molar-refractivity contribution in [2.75, 3.05) is 25.6 Å². The number of nitrogens with one attached hydrogen (secondary N) is 1. The molecule has 0 unspecified atom stereocenters. The van der Waals surface area contributed by atoms with Crippen LogP contribution in [0.4, 0.5) is 15.9 Å². The van der Waals surface area contributed by atoms with Crippen LogP contribution in [0.25, 0.3) is 11.2 Å². The van der Waals surface area contributed by atoms with Crippen LogP contribution in [0.15, 0.2) is 36.8 Å². The lowest BCUT2D eigenvalue weighted by Crippen LogP contribution is -2.06. The number of hydrogen-bond donors (Lipinski definition) is 1. The summed E-state index contributed by atoms with van der Waals surface area (Å²) in [6.07, 6.45) is 2.88. The molecular weight excluding hydrogens is 301 g/mol. The molecule has 2 aromatic heterocycles. The summed E-state index contributed by atoms with van der Waals surface area (Å²) in [5, 5.41) is 3.07. The highest BCUT2D eigenvalue weighted by molar-refractivity contribution is 5.84. The molecule has 2 heterocycles. The van der Waals surface area contributed by atoms with Crippen molar-refractivity contribution in [3.05, 3.63) is 42.6 Å². The molecule has 0 fully saturated rings. The maximum absolute atomic E-state index is 13.0. The van der Waals surface area contributed by atoms with E-state index in [-0.39, 0.29) is 5.82 Å². The van der Waals surface area contributed by atoms with Crippen LogP contribution in [0.1, 0.15) is 0 Å². The Hall–Kier alpha value is -2.87. The molecule has 0 saturated heterocycles. The van der Waals surface area contributed by atoms with Crippen LogP contribution in [0.5, 0.6) is 5.88 Å². The summed E-state index contributed by atoms with van der Waals surface area (Å²) in [5.41, 5.74) is 1.58. The Balaban J connectivity index is 1.89. The van der Waals surface area contributed by atoms with Crippen LogP contribution >= 0.6 is 0 Å². The van der Waals surface area contributed by atoms with Gasteiger partial charge in [0.1, 0.15) is 18.8 Å². The van der Waals surface area contributed by atoms with Crippen LogP contribution < -0.4 is 10.1 Å². The SMILES string of the molecule is COCCOc1cnc2ncnc(Nc3ccc(F)cc3)c2n1. The molecule has 0 aliphatic carbocycles. The van der Waals surface area contributed by atoms with Crippen LogP contribution in [0, 0.1) is 5.82 Å². The Morgan fingerprint density at radius 3 is 2.70 bits per heavy atom. The highest BCUT2D eigenvalue weighted by atomic mass is 19.1. The predicted octanol–water partition coefficient (Wildman–Crippen LogP) is 2.33. The third-order valence-corrected chi connectivity index (χ3v) is 2.97. The first-order chi connectivity index (χ1) is 11.3. The lowest BCUT2D eigenvalue weighted by Gasteiger charge is -2.09. The van der Waals surface area contributed by atoms with E-state index in [1.807, 2.05) is 0 Å². The first kappa shape index (κ1) is 15.0. The van der Waals surface area contributed by atoms with Gasteiger partial charge in [-0.15, -0.1) is 0 Å². The molecule has 118 valence electrons. The molecule has 1 N–H and O–H groups in total. The van der Waals surface area contributed by atoms with Gasteiger partial charge in [-0.2, -0.15) is 0 Å². The van der Waals surface area contributed by atoms with Crippen molar-refractivity contribution in [2.45, 2.75) is 0 Å². The van der Waals surface area contributed by atoms with E-state index >= 15 is 0 Å². The second kappa shape index (κ2) is 6.93. The molecule has 0 aliphatic heterocycles. The number of aromatic nitrogens is 4. The number of nitrogens with zero attached hydrogens (tertiary/aromatic N) is 4. The average molecular weight is 315 g/mol. The number of benzene rings is 1. The van der Waals surface area contributed by atoms with Gasteiger partial charge in [-0.05, 0) is 24.3 Å². The second-order valence-electron chi connectivity index (χ2n) is 4.58. The Morgan fingerprint density at radius 1 is 1.09 bits per heavy atom. The lowest BCUT2D eigenvalue weighted by atomic mass is 10.3. The van der Waals surface area contributed by atoms with Gasteiger partial charge < -0.3 is 14.8 Å². The molecule has 1 aromatic carbocycles. The van der Waals surface area contributed by atoms with Crippen molar-refractivity contribution in [3.63, 3.8) is 0 Å². The van der Waals surface area contributed by atoms with Gasteiger partial charge in [-0.1, -0.05) is 0 Å². The summed E-state index contributed by atoms with van der Waals surface area (Å²) in [6, 6.07) is 5.93. The Bertz CT molecular complexity index is 797. The lowest BCUT2D eigenvalue weighted by molar-refractivity contribution is 0.143. The number of ether oxygens (including phenoxy) is 2. The van der Waals surface area contributed by atoms with Crippen LogP contribution in [0.2, 0.25) is 0 Å². The summed E-state index contributed by atoms with van der Waals surface area (Å²) < 4.78 is 23.3. The Labute approximate surface area is 131 Å². The number of fused-ring (bicyclic) bond motifs is 1. The minimum Gasteiger partial charge on any atom is -0.474 e. The fourth-order valence-corrected chi connectivity index (χ4v) is 1.88. The third kappa shape index (κ3) is 3.67. The molecule has 0 atom stereocenters. The zero-order valence-corrected chi connectivity index (χ0v) is 12.4. The first-order valence-electron chi connectivity index (χ1n) is 6.88. The predicted molar refractivity (Wildman–Crippen MR) is 82.2 cm³/mol. The molecule has 7 nitrogen and oxygen atoms in total. The maximum atomic E-state index is 13.0. The van der Waals surface area contributed by atoms with Crippen molar-refractivity contribution in [2.24, 2.45) is 0 Å². The van der Waals surface area contributed by atoms with Gasteiger partial charge in [0, 0.05) is 12.8 Å². The Morgan fingerprint density at radius 2 is 1.91 bits per heavy atom. The summed E-state index contributed by atoms with van der Waals surface area (Å²) in [7, 11) is 1.59. The minimum atomic E-state index is -0.309. The number of methoxy groups -OCH3 is 1. The second-order valence-corrected chi connectivity index (χ2v) is 4.58. The van der Waals surface area contributed by atoms with Gasteiger partial charge in [-0.25, -0.2) is 24.3 Å². The number of halogens is 1. The molecule has 0 spiro atoms. The molecule has 23 heavy (non-hydrogen) atoms. The van der Waals surface area contributed by atoms with Crippen molar-refractivity contribution in [1.29, 1.82) is 0 Å². The van der Waals surface area contributed by atoms with Crippen LogP contribution in [-0.4, -0.2) is 40.3 Å². The molecule has 0 radical (unpaired) electrons. The van der Waals surface area contributed by atoms with Crippen molar-refractivity contribution in [3.8, 4) is 5.88 Å². The number of anilines is 2. The minimum absolute atomic E-state index is 0.309. The molecule has 0 bridgehead atoms. The largest absolute Gasteiger partial charge is 0.474 e. The van der Waals surface area contributed by atoms with E-state index in [0.717, 1.165) is 0 Å². The van der Waals surface area contributed by atoms with Gasteiger partial charge in [0.15, 0.2) is 17.0 Å². The van der Waals surface area contributed by atoms with Crippen molar-refractivity contribution in [1.82, 2.24) is 19.9 Å². The first-order valence-corrected chi connectivity index (χ1v) is 6.88. The fraction of sp³-hybridized carbons (Fsp3) is 0.200. The smallest absolute Gasteiger partial charge is 0.233 e. The van der Waals surface area contributed by atoms with Crippen LogP contribution in [0.3, 0.4) is 0 Å². The third-order valence-electron chi connectivity index (χ3n) is 2.97. The molecule has 0 saturated carbocycles. The summed E-state index contributed by atoms with van der Waals surface area (Å²) in [4.78, 5) is 16.8. The summed E-state index contributed by atoms with van der Waals surface area (Å²) in [5.74, 6) is 0.509. The molecule has 3 aromatic rings. The average Bonchev–Trinajstić information content (AvgIpc) is 2.58. The molecule has 3 rings (SSSR count). The van der Waals surface area contributed by atoms with Gasteiger partial charge >= 0.3 is 0 Å². The maximum Gasteiger partial charge on any atom is 0.233 e. The Kier molecular flexibility index (Phi) is 4.53. The topological polar surface area (TPSA) is 82.0 Å². The zero-order valence-electron chi connectivity index (χ0n) is 12.4. The molecule has 0 amide bonds. The van der Waals surface area contributed by atoms with E-state index in [4.69, 9.17) is 9.47 Å². The summed E-state index contributed by atoms with van der Waals surface area (Å²) >= 11 is 0. The summed E-state index contributed by atoms with van der Waals surface area (Å²) in [6.45, 7) is 0.816. The quantitative estimate of drug-likeness (QED) is 0.699. The van der Waals surface area contributed by atoms with Crippen LogP contribution in [-0.2, 0) is 4.74 Å². The van der Waals surface area contributed by atoms with E-state index < -0.39 is 0 Å².